The van der Waals surface area contributed by atoms with Gasteiger partial charge in [-0.05, 0) is 41.7 Å². The molecular weight excluding hydrogens is 324 g/mol. The molecule has 0 bridgehead atoms. The van der Waals surface area contributed by atoms with Crippen LogP contribution in [0.2, 0.25) is 0 Å². The van der Waals surface area contributed by atoms with Gasteiger partial charge in [0.2, 0.25) is 0 Å². The molecule has 0 spiro atoms. The molecule has 2 rings (SSSR count). The quantitative estimate of drug-likeness (QED) is 0.650. The van der Waals surface area contributed by atoms with Crippen molar-refractivity contribution in [3.05, 3.63) is 58.9 Å². The Kier molecular flexibility index (Phi) is 4.80. The van der Waals surface area contributed by atoms with Crippen LogP contribution in [-0.2, 0) is 12.0 Å². The fourth-order valence-electron chi connectivity index (χ4n) is 2.48. The van der Waals surface area contributed by atoms with Crippen LogP contribution in [-0.4, -0.2) is 17.6 Å². The van der Waals surface area contributed by atoms with Crippen LogP contribution < -0.4 is 0 Å². The normalized spacial score (nSPS) is 14.3. The molecule has 2 aromatic carbocycles. The smallest absolute Gasteiger partial charge is 0.376 e. The summed E-state index contributed by atoms with van der Waals surface area (Å²) in [5.74, 6) is -0.628. The van der Waals surface area contributed by atoms with E-state index in [1.54, 1.807) is 13.0 Å². The van der Waals surface area contributed by atoms with E-state index in [0.717, 1.165) is 12.1 Å². The van der Waals surface area contributed by atoms with Crippen LogP contribution in [0.5, 0.6) is 0 Å². The molecule has 0 aliphatic heterocycles. The van der Waals surface area contributed by atoms with Crippen molar-refractivity contribution < 1.29 is 27.5 Å². The highest BCUT2D eigenvalue weighted by Gasteiger charge is 2.51. The number of rotatable bonds is 4. The van der Waals surface area contributed by atoms with Gasteiger partial charge < -0.3 is 5.11 Å². The highest BCUT2D eigenvalue weighted by Crippen LogP contribution is 2.39. The summed E-state index contributed by atoms with van der Waals surface area (Å²) in [6.45, 7) is 2.40. The first-order valence-corrected chi connectivity index (χ1v) is 7.30. The molecule has 128 valence electrons. The SMILES string of the molecule is CCc1c(-c2ccc(C(C)(O)C(F)(F)F)cc2)ccc(C=O)c1F. The van der Waals surface area contributed by atoms with Crippen LogP contribution in [0.3, 0.4) is 0 Å². The Morgan fingerprint density at radius 1 is 1.08 bits per heavy atom. The molecule has 0 fully saturated rings. The van der Waals surface area contributed by atoms with Crippen molar-refractivity contribution in [2.24, 2.45) is 0 Å². The minimum absolute atomic E-state index is 0.0628. The van der Waals surface area contributed by atoms with E-state index >= 15 is 0 Å². The van der Waals surface area contributed by atoms with E-state index in [9.17, 15) is 27.5 Å². The van der Waals surface area contributed by atoms with E-state index in [-0.39, 0.29) is 11.1 Å². The molecule has 0 amide bonds. The number of carbonyl (C=O) groups is 1. The number of carbonyl (C=O) groups excluding carboxylic acids is 1. The number of hydrogen-bond donors (Lipinski definition) is 1. The van der Waals surface area contributed by atoms with E-state index in [0.29, 0.717) is 36.3 Å². The maximum Gasteiger partial charge on any atom is 0.421 e. The zero-order valence-corrected chi connectivity index (χ0v) is 13.1. The third-order valence-electron chi connectivity index (χ3n) is 4.06. The van der Waals surface area contributed by atoms with Gasteiger partial charge in [-0.3, -0.25) is 4.79 Å². The van der Waals surface area contributed by atoms with Crippen molar-refractivity contribution in [1.29, 1.82) is 0 Å². The highest BCUT2D eigenvalue weighted by atomic mass is 19.4. The lowest BCUT2D eigenvalue weighted by Crippen LogP contribution is -2.39. The Morgan fingerprint density at radius 3 is 2.12 bits per heavy atom. The minimum atomic E-state index is -4.80. The molecule has 0 aromatic heterocycles. The van der Waals surface area contributed by atoms with Gasteiger partial charge in [-0.15, -0.1) is 0 Å². The Bertz CT molecular complexity index is 747. The molecule has 2 aromatic rings. The lowest BCUT2D eigenvalue weighted by molar-refractivity contribution is -0.258. The van der Waals surface area contributed by atoms with E-state index in [4.69, 9.17) is 0 Å². The van der Waals surface area contributed by atoms with Crippen molar-refractivity contribution in [2.75, 3.05) is 0 Å². The first kappa shape index (κ1) is 18.1. The van der Waals surface area contributed by atoms with E-state index < -0.39 is 17.6 Å². The molecule has 0 saturated heterocycles. The topological polar surface area (TPSA) is 37.3 Å². The molecule has 2 nitrogen and oxygen atoms in total. The third-order valence-corrected chi connectivity index (χ3v) is 4.06. The van der Waals surface area contributed by atoms with Gasteiger partial charge in [0.15, 0.2) is 11.9 Å². The van der Waals surface area contributed by atoms with Crippen LogP contribution in [0.25, 0.3) is 11.1 Å². The van der Waals surface area contributed by atoms with Gasteiger partial charge in [-0.1, -0.05) is 37.3 Å². The minimum Gasteiger partial charge on any atom is -0.376 e. The van der Waals surface area contributed by atoms with Crippen LogP contribution in [0, 0.1) is 5.82 Å². The van der Waals surface area contributed by atoms with E-state index in [1.165, 1.54) is 18.2 Å². The largest absolute Gasteiger partial charge is 0.421 e. The first-order valence-electron chi connectivity index (χ1n) is 7.30. The lowest BCUT2D eigenvalue weighted by Gasteiger charge is -2.26. The van der Waals surface area contributed by atoms with Crippen molar-refractivity contribution in [3.8, 4) is 11.1 Å². The van der Waals surface area contributed by atoms with Gasteiger partial charge in [0, 0.05) is 0 Å². The van der Waals surface area contributed by atoms with Gasteiger partial charge in [0.1, 0.15) is 5.82 Å². The Hall–Kier alpha value is -2.21. The molecule has 0 aliphatic carbocycles. The fraction of sp³-hybridized carbons (Fsp3) is 0.278. The monoisotopic (exact) mass is 340 g/mol. The van der Waals surface area contributed by atoms with E-state index in [1.807, 2.05) is 0 Å². The van der Waals surface area contributed by atoms with Gasteiger partial charge in [-0.25, -0.2) is 4.39 Å². The number of benzene rings is 2. The van der Waals surface area contributed by atoms with Crippen molar-refractivity contribution in [2.45, 2.75) is 32.0 Å². The van der Waals surface area contributed by atoms with Gasteiger partial charge in [-0.2, -0.15) is 13.2 Å². The van der Waals surface area contributed by atoms with Crippen molar-refractivity contribution in [3.63, 3.8) is 0 Å². The van der Waals surface area contributed by atoms with Crippen LogP contribution >= 0.6 is 0 Å². The average Bonchev–Trinajstić information content (AvgIpc) is 2.53. The number of halogens is 4. The maximum absolute atomic E-state index is 14.2. The van der Waals surface area contributed by atoms with Crippen LogP contribution in [0.15, 0.2) is 36.4 Å². The van der Waals surface area contributed by atoms with Gasteiger partial charge in [0.25, 0.3) is 0 Å². The molecule has 1 unspecified atom stereocenters. The summed E-state index contributed by atoms with van der Waals surface area (Å²) in [7, 11) is 0. The second kappa shape index (κ2) is 6.36. The summed E-state index contributed by atoms with van der Waals surface area (Å²) in [5.41, 5.74) is -2.01. The molecule has 0 heterocycles. The predicted octanol–water partition coefficient (Wildman–Crippen LogP) is 4.64. The van der Waals surface area contributed by atoms with Gasteiger partial charge in [0.05, 0.1) is 5.56 Å². The summed E-state index contributed by atoms with van der Waals surface area (Å²) in [4.78, 5) is 10.8. The Morgan fingerprint density at radius 2 is 1.67 bits per heavy atom. The summed E-state index contributed by atoms with van der Waals surface area (Å²) in [6, 6.07) is 7.99. The maximum atomic E-state index is 14.2. The first-order chi connectivity index (χ1) is 11.1. The summed E-state index contributed by atoms with van der Waals surface area (Å²) >= 11 is 0. The summed E-state index contributed by atoms with van der Waals surface area (Å²) in [5, 5.41) is 9.67. The highest BCUT2D eigenvalue weighted by molar-refractivity contribution is 5.79. The summed E-state index contributed by atoms with van der Waals surface area (Å²) < 4.78 is 52.8. The van der Waals surface area contributed by atoms with Gasteiger partial charge >= 0.3 is 6.18 Å². The number of aldehydes is 1. The molecular formula is C18H16F4O2. The third kappa shape index (κ3) is 3.06. The molecule has 0 aliphatic rings. The van der Waals surface area contributed by atoms with Crippen molar-refractivity contribution in [1.82, 2.24) is 0 Å². The fourth-order valence-corrected chi connectivity index (χ4v) is 2.48. The molecule has 1 atom stereocenters. The lowest BCUT2D eigenvalue weighted by atomic mass is 9.91. The second-order valence-electron chi connectivity index (χ2n) is 5.61. The molecule has 0 radical (unpaired) electrons. The van der Waals surface area contributed by atoms with Crippen LogP contribution in [0.4, 0.5) is 17.6 Å². The second-order valence-corrected chi connectivity index (χ2v) is 5.61. The predicted molar refractivity (Wildman–Crippen MR) is 82.2 cm³/mol. The Balaban J connectivity index is 2.50. The van der Waals surface area contributed by atoms with Crippen molar-refractivity contribution >= 4 is 6.29 Å². The van der Waals surface area contributed by atoms with Crippen LogP contribution in [0.1, 0.15) is 35.3 Å². The standard InChI is InChI=1S/C18H16F4O2/c1-3-14-15(9-6-12(10-23)16(14)19)11-4-7-13(8-5-11)17(2,24)18(20,21)22/h4-10,24H,3H2,1-2H3. The molecule has 6 heteroatoms. The molecule has 1 N–H and O–H groups in total. The number of aliphatic hydroxyl groups is 1. The molecule has 0 saturated carbocycles. The number of hydrogen-bond acceptors (Lipinski definition) is 2. The zero-order valence-electron chi connectivity index (χ0n) is 13.1. The molecule has 24 heavy (non-hydrogen) atoms. The number of alkyl halides is 3. The van der Waals surface area contributed by atoms with E-state index in [2.05, 4.69) is 0 Å². The Labute approximate surface area is 136 Å². The summed E-state index contributed by atoms with van der Waals surface area (Å²) in [6.07, 6.45) is -4.06. The zero-order chi connectivity index (χ0) is 18.1. The average molecular weight is 340 g/mol.